The first kappa shape index (κ1) is 18.6. The van der Waals surface area contributed by atoms with Gasteiger partial charge in [0.05, 0.1) is 19.7 Å². The lowest BCUT2D eigenvalue weighted by Gasteiger charge is -2.19. The summed E-state index contributed by atoms with van der Waals surface area (Å²) in [5.74, 6) is 1.32. The Morgan fingerprint density at radius 2 is 1.69 bits per heavy atom. The van der Waals surface area contributed by atoms with Crippen LogP contribution < -0.4 is 14.8 Å². The van der Waals surface area contributed by atoms with Crippen molar-refractivity contribution >= 4 is 39.8 Å². The quantitative estimate of drug-likeness (QED) is 0.594. The van der Waals surface area contributed by atoms with E-state index in [4.69, 9.17) is 32.7 Å². The Labute approximate surface area is 163 Å². The predicted molar refractivity (Wildman–Crippen MR) is 108 cm³/mol. The molecule has 1 unspecified atom stereocenters. The lowest BCUT2D eigenvalue weighted by Crippen LogP contribution is -2.18. The minimum Gasteiger partial charge on any atom is -0.493 e. The second kappa shape index (κ2) is 8.02. The molecule has 6 heteroatoms. The summed E-state index contributed by atoms with van der Waals surface area (Å²) >= 11 is 12.6. The van der Waals surface area contributed by atoms with Crippen molar-refractivity contribution in [1.82, 2.24) is 4.98 Å². The fourth-order valence-corrected chi connectivity index (χ4v) is 3.50. The number of rotatable bonds is 6. The average Bonchev–Trinajstić information content (AvgIpc) is 2.64. The maximum Gasteiger partial charge on any atom is 0.162 e. The maximum absolute atomic E-state index is 6.29. The van der Waals surface area contributed by atoms with Gasteiger partial charge in [0.2, 0.25) is 0 Å². The second-order valence-electron chi connectivity index (χ2n) is 6.03. The van der Waals surface area contributed by atoms with E-state index in [0.29, 0.717) is 28.0 Å². The van der Waals surface area contributed by atoms with Gasteiger partial charge in [-0.1, -0.05) is 29.3 Å². The Kier molecular flexibility index (Phi) is 5.74. The fourth-order valence-electron chi connectivity index (χ4n) is 2.95. The highest BCUT2D eigenvalue weighted by molar-refractivity contribution is 6.36. The molecule has 1 aromatic heterocycles. The molecule has 1 N–H and O–H groups in total. The second-order valence-corrected chi connectivity index (χ2v) is 6.85. The van der Waals surface area contributed by atoms with E-state index in [-0.39, 0.29) is 6.04 Å². The summed E-state index contributed by atoms with van der Waals surface area (Å²) in [6.45, 7) is 2.09. The van der Waals surface area contributed by atoms with Crippen molar-refractivity contribution in [2.75, 3.05) is 19.5 Å². The van der Waals surface area contributed by atoms with Gasteiger partial charge < -0.3 is 14.8 Å². The number of nitrogens with zero attached hydrogens (tertiary/aromatic N) is 1. The number of aromatic nitrogens is 1. The van der Waals surface area contributed by atoms with Gasteiger partial charge in [0.1, 0.15) is 0 Å². The lowest BCUT2D eigenvalue weighted by atomic mass is 10.1. The first-order valence-corrected chi connectivity index (χ1v) is 8.99. The summed E-state index contributed by atoms with van der Waals surface area (Å²) in [5, 5.41) is 5.84. The van der Waals surface area contributed by atoms with Crippen LogP contribution in [0.15, 0.2) is 42.6 Å². The monoisotopic (exact) mass is 390 g/mol. The molecule has 136 valence electrons. The van der Waals surface area contributed by atoms with Crippen LogP contribution in [0.5, 0.6) is 11.5 Å². The molecule has 0 aliphatic heterocycles. The van der Waals surface area contributed by atoms with Gasteiger partial charge in [0, 0.05) is 39.4 Å². The standard InChI is InChI=1S/C20H20Cl2N2O2/c1-12(9-13-15(21)5-4-6-16(13)22)24-17-7-8-23-18-11-20(26-3)19(25-2)10-14(17)18/h4-8,10-12H,9H2,1-3H3,(H,23,24). The van der Waals surface area contributed by atoms with Crippen LogP contribution in [0, 0.1) is 0 Å². The molecule has 0 spiro atoms. The molecular weight excluding hydrogens is 371 g/mol. The number of hydrogen-bond donors (Lipinski definition) is 1. The summed E-state index contributed by atoms with van der Waals surface area (Å²) in [4.78, 5) is 4.43. The molecule has 3 rings (SSSR count). The van der Waals surface area contributed by atoms with E-state index in [1.165, 1.54) is 0 Å². The van der Waals surface area contributed by atoms with Crippen LogP contribution in [0.2, 0.25) is 10.0 Å². The van der Waals surface area contributed by atoms with Gasteiger partial charge >= 0.3 is 0 Å². The highest BCUT2D eigenvalue weighted by Crippen LogP contribution is 2.35. The van der Waals surface area contributed by atoms with Gasteiger partial charge in [-0.25, -0.2) is 0 Å². The molecule has 0 saturated heterocycles. The van der Waals surface area contributed by atoms with Gasteiger partial charge in [0.15, 0.2) is 11.5 Å². The van der Waals surface area contributed by atoms with Crippen LogP contribution in [0.1, 0.15) is 12.5 Å². The first-order valence-electron chi connectivity index (χ1n) is 8.23. The molecule has 0 aliphatic carbocycles. The van der Waals surface area contributed by atoms with E-state index in [1.807, 2.05) is 36.4 Å². The van der Waals surface area contributed by atoms with E-state index < -0.39 is 0 Å². The van der Waals surface area contributed by atoms with Crippen LogP contribution in [0.25, 0.3) is 10.9 Å². The molecule has 0 fully saturated rings. The lowest BCUT2D eigenvalue weighted by molar-refractivity contribution is 0.356. The maximum atomic E-state index is 6.29. The van der Waals surface area contributed by atoms with E-state index >= 15 is 0 Å². The highest BCUT2D eigenvalue weighted by atomic mass is 35.5. The number of hydrogen-bond acceptors (Lipinski definition) is 4. The molecule has 2 aromatic carbocycles. The zero-order valence-corrected chi connectivity index (χ0v) is 16.4. The Balaban J connectivity index is 1.90. The predicted octanol–water partition coefficient (Wildman–Crippen LogP) is 5.60. The minimum absolute atomic E-state index is 0.117. The number of pyridine rings is 1. The Bertz CT molecular complexity index is 911. The zero-order valence-electron chi connectivity index (χ0n) is 14.8. The zero-order chi connectivity index (χ0) is 18.7. The summed E-state index contributed by atoms with van der Waals surface area (Å²) in [7, 11) is 3.23. The van der Waals surface area contributed by atoms with Gasteiger partial charge in [-0.15, -0.1) is 0 Å². The van der Waals surface area contributed by atoms with Crippen LogP contribution >= 0.6 is 23.2 Å². The molecule has 1 atom stereocenters. The number of methoxy groups -OCH3 is 2. The van der Waals surface area contributed by atoms with Gasteiger partial charge in [-0.3, -0.25) is 4.98 Å². The fraction of sp³-hybridized carbons (Fsp3) is 0.250. The largest absolute Gasteiger partial charge is 0.493 e. The van der Waals surface area contributed by atoms with Crippen molar-refractivity contribution in [1.29, 1.82) is 0 Å². The first-order chi connectivity index (χ1) is 12.5. The van der Waals surface area contributed by atoms with E-state index in [0.717, 1.165) is 22.2 Å². The third-order valence-corrected chi connectivity index (χ3v) is 4.93. The smallest absolute Gasteiger partial charge is 0.162 e. The number of halogens is 2. The Morgan fingerprint density at radius 1 is 1.04 bits per heavy atom. The number of fused-ring (bicyclic) bond motifs is 1. The van der Waals surface area contributed by atoms with Crippen molar-refractivity contribution in [3.8, 4) is 11.5 Å². The number of nitrogens with one attached hydrogen (secondary N) is 1. The highest BCUT2D eigenvalue weighted by Gasteiger charge is 2.14. The summed E-state index contributed by atoms with van der Waals surface area (Å²) in [6.07, 6.45) is 2.47. The van der Waals surface area contributed by atoms with Gasteiger partial charge in [0.25, 0.3) is 0 Å². The summed E-state index contributed by atoms with van der Waals surface area (Å²) < 4.78 is 10.8. The van der Waals surface area contributed by atoms with Gasteiger partial charge in [-0.2, -0.15) is 0 Å². The SMILES string of the molecule is COc1cc2nccc(NC(C)Cc3c(Cl)cccc3Cl)c2cc1OC. The van der Waals surface area contributed by atoms with Crippen molar-refractivity contribution < 1.29 is 9.47 Å². The van der Waals surface area contributed by atoms with Crippen molar-refractivity contribution in [3.05, 3.63) is 58.2 Å². The third-order valence-electron chi connectivity index (χ3n) is 4.22. The molecule has 0 amide bonds. The molecule has 4 nitrogen and oxygen atoms in total. The Hall–Kier alpha value is -2.17. The van der Waals surface area contributed by atoms with Gasteiger partial charge in [-0.05, 0) is 43.2 Å². The molecule has 0 radical (unpaired) electrons. The molecule has 26 heavy (non-hydrogen) atoms. The Morgan fingerprint density at radius 3 is 2.35 bits per heavy atom. The topological polar surface area (TPSA) is 43.4 Å². The average molecular weight is 391 g/mol. The molecule has 0 saturated carbocycles. The van der Waals surface area contributed by atoms with Crippen molar-refractivity contribution in [2.45, 2.75) is 19.4 Å². The minimum atomic E-state index is 0.117. The van der Waals surface area contributed by atoms with E-state index in [9.17, 15) is 0 Å². The molecule has 0 aliphatic rings. The van der Waals surface area contributed by atoms with Crippen LogP contribution in [-0.2, 0) is 6.42 Å². The number of anilines is 1. The van der Waals surface area contributed by atoms with E-state index in [2.05, 4.69) is 17.2 Å². The molecule has 0 bridgehead atoms. The van der Waals surface area contributed by atoms with Crippen LogP contribution in [0.4, 0.5) is 5.69 Å². The number of ether oxygens (including phenoxy) is 2. The molecule has 1 heterocycles. The molecular formula is C20H20Cl2N2O2. The molecule has 3 aromatic rings. The van der Waals surface area contributed by atoms with Crippen LogP contribution in [0.3, 0.4) is 0 Å². The summed E-state index contributed by atoms with van der Waals surface area (Å²) in [5.41, 5.74) is 2.73. The van der Waals surface area contributed by atoms with Crippen molar-refractivity contribution in [2.24, 2.45) is 0 Å². The third kappa shape index (κ3) is 3.81. The van der Waals surface area contributed by atoms with E-state index in [1.54, 1.807) is 20.4 Å². The normalized spacial score (nSPS) is 12.0. The summed E-state index contributed by atoms with van der Waals surface area (Å²) in [6, 6.07) is 11.4. The van der Waals surface area contributed by atoms with Crippen molar-refractivity contribution in [3.63, 3.8) is 0 Å². The number of benzene rings is 2. The van der Waals surface area contributed by atoms with Crippen LogP contribution in [-0.4, -0.2) is 25.2 Å².